The molecular weight excluding hydrogens is 412 g/mol. The molecule has 0 fully saturated rings. The molecule has 1 amide bonds. The van der Waals surface area contributed by atoms with Crippen molar-refractivity contribution in [1.82, 2.24) is 5.43 Å². The van der Waals surface area contributed by atoms with Gasteiger partial charge in [-0.1, -0.05) is 18.5 Å². The Morgan fingerprint density at radius 3 is 2.72 bits per heavy atom. The molecule has 25 heavy (non-hydrogen) atoms. The molecule has 0 bridgehead atoms. The molecule has 1 N–H and O–H groups in total. The van der Waals surface area contributed by atoms with Gasteiger partial charge in [0.05, 0.1) is 27.7 Å². The second-order valence-corrected chi connectivity index (χ2v) is 7.83. The Hall–Kier alpha value is -1.60. The number of halogens is 2. The third-order valence-corrected chi connectivity index (χ3v) is 4.74. The van der Waals surface area contributed by atoms with E-state index in [1.54, 1.807) is 19.9 Å². The number of amides is 1. The van der Waals surface area contributed by atoms with Gasteiger partial charge < -0.3 is 9.47 Å². The average Bonchev–Trinajstić information content (AvgIpc) is 2.52. The molecule has 2 rings (SSSR count). The molecule has 6 nitrogen and oxygen atoms in total. The monoisotopic (exact) mass is 430 g/mol. The van der Waals surface area contributed by atoms with E-state index in [-0.39, 0.29) is 24.4 Å². The molecule has 0 aliphatic carbocycles. The average molecular weight is 432 g/mol. The summed E-state index contributed by atoms with van der Waals surface area (Å²) in [5, 5.41) is 4.51. The number of methoxy groups -OCH3 is 1. The van der Waals surface area contributed by atoms with E-state index in [9.17, 15) is 9.59 Å². The summed E-state index contributed by atoms with van der Waals surface area (Å²) in [5.74, 6) is -0.0406. The summed E-state index contributed by atoms with van der Waals surface area (Å²) in [6.07, 6.45) is 0.375. The van der Waals surface area contributed by atoms with Crippen LogP contribution in [0.1, 0.15) is 32.8 Å². The lowest BCUT2D eigenvalue weighted by Gasteiger charge is -2.23. The third-order valence-electron chi connectivity index (χ3n) is 3.87. The molecule has 1 aliphatic heterocycles. The van der Waals surface area contributed by atoms with Gasteiger partial charge in [-0.25, -0.2) is 5.43 Å². The fourth-order valence-corrected chi connectivity index (χ4v) is 3.40. The minimum absolute atomic E-state index is 0.0123. The maximum absolute atomic E-state index is 11.8. The summed E-state index contributed by atoms with van der Waals surface area (Å²) in [6, 6.07) is 3.57. The van der Waals surface area contributed by atoms with Crippen molar-refractivity contribution in [2.45, 2.75) is 27.2 Å². The van der Waals surface area contributed by atoms with Crippen LogP contribution in [0.15, 0.2) is 21.7 Å². The first-order valence-corrected chi connectivity index (χ1v) is 8.90. The lowest BCUT2D eigenvalue weighted by molar-refractivity contribution is -0.152. The SMILES string of the molecule is COC(=O)C(C)(C)COc1c(Cl)cc(C2=NNC(=O)CC2C)cc1Br. The number of carbonyl (C=O) groups is 2. The topological polar surface area (TPSA) is 77.0 Å². The molecule has 0 aromatic heterocycles. The van der Waals surface area contributed by atoms with Gasteiger partial charge in [0, 0.05) is 17.9 Å². The van der Waals surface area contributed by atoms with E-state index < -0.39 is 5.41 Å². The van der Waals surface area contributed by atoms with E-state index in [0.29, 0.717) is 21.7 Å². The van der Waals surface area contributed by atoms with Gasteiger partial charge in [0.2, 0.25) is 5.91 Å². The van der Waals surface area contributed by atoms with Crippen LogP contribution in [-0.2, 0) is 14.3 Å². The minimum atomic E-state index is -0.803. The maximum atomic E-state index is 11.8. The van der Waals surface area contributed by atoms with Crippen LogP contribution in [0, 0.1) is 11.3 Å². The van der Waals surface area contributed by atoms with Gasteiger partial charge in [0.25, 0.3) is 0 Å². The fraction of sp³-hybridized carbons (Fsp3) is 0.471. The van der Waals surface area contributed by atoms with Crippen molar-refractivity contribution in [2.24, 2.45) is 16.4 Å². The van der Waals surface area contributed by atoms with Crippen LogP contribution in [0.2, 0.25) is 5.02 Å². The standard InChI is InChI=1S/C17H20BrClN2O4/c1-9-5-13(22)20-21-14(9)10-6-11(18)15(12(19)7-10)25-8-17(2,3)16(23)24-4/h6-7,9H,5,8H2,1-4H3,(H,20,22). The highest BCUT2D eigenvalue weighted by molar-refractivity contribution is 9.10. The Morgan fingerprint density at radius 1 is 1.48 bits per heavy atom. The number of hydrogen-bond acceptors (Lipinski definition) is 5. The lowest BCUT2D eigenvalue weighted by Crippen LogP contribution is -2.32. The van der Waals surface area contributed by atoms with E-state index in [4.69, 9.17) is 21.1 Å². The number of nitrogens with zero attached hydrogens (tertiary/aromatic N) is 1. The van der Waals surface area contributed by atoms with Gasteiger partial charge in [-0.2, -0.15) is 5.10 Å². The van der Waals surface area contributed by atoms with Crippen LogP contribution in [0.4, 0.5) is 0 Å². The molecule has 1 aromatic rings. The zero-order valence-electron chi connectivity index (χ0n) is 14.5. The smallest absolute Gasteiger partial charge is 0.314 e. The Kier molecular flexibility index (Phi) is 6.11. The van der Waals surface area contributed by atoms with Crippen molar-refractivity contribution >= 4 is 45.1 Å². The fourth-order valence-electron chi connectivity index (χ4n) is 2.44. The molecule has 8 heteroatoms. The van der Waals surface area contributed by atoms with E-state index in [2.05, 4.69) is 26.5 Å². The molecule has 1 aliphatic rings. The van der Waals surface area contributed by atoms with E-state index in [1.807, 2.05) is 13.0 Å². The zero-order valence-corrected chi connectivity index (χ0v) is 16.8. The number of benzene rings is 1. The van der Waals surface area contributed by atoms with E-state index in [1.165, 1.54) is 7.11 Å². The lowest BCUT2D eigenvalue weighted by atomic mass is 9.94. The molecule has 0 saturated heterocycles. The summed E-state index contributed by atoms with van der Waals surface area (Å²) in [6.45, 7) is 5.51. The molecule has 0 radical (unpaired) electrons. The number of hydrogen-bond donors (Lipinski definition) is 1. The van der Waals surface area contributed by atoms with Gasteiger partial charge in [0.15, 0.2) is 5.75 Å². The van der Waals surface area contributed by atoms with Crippen molar-refractivity contribution in [3.05, 3.63) is 27.2 Å². The van der Waals surface area contributed by atoms with E-state index in [0.717, 1.165) is 11.3 Å². The Balaban J connectivity index is 2.23. The first kappa shape index (κ1) is 19.7. The van der Waals surface area contributed by atoms with Crippen molar-refractivity contribution in [3.63, 3.8) is 0 Å². The van der Waals surface area contributed by atoms with Crippen LogP contribution < -0.4 is 10.2 Å². The van der Waals surface area contributed by atoms with E-state index >= 15 is 0 Å². The highest BCUT2D eigenvalue weighted by Crippen LogP contribution is 2.36. The van der Waals surface area contributed by atoms with Crippen LogP contribution in [-0.4, -0.2) is 31.3 Å². The Bertz CT molecular complexity index is 710. The van der Waals surface area contributed by atoms with Crippen LogP contribution >= 0.6 is 27.5 Å². The molecule has 136 valence electrons. The van der Waals surface area contributed by atoms with Crippen LogP contribution in [0.3, 0.4) is 0 Å². The van der Waals surface area contributed by atoms with Gasteiger partial charge in [-0.15, -0.1) is 0 Å². The molecule has 1 aromatic carbocycles. The molecular formula is C17H20BrClN2O4. The van der Waals surface area contributed by atoms with Gasteiger partial charge in [-0.3, -0.25) is 9.59 Å². The van der Waals surface area contributed by atoms with Crippen molar-refractivity contribution in [3.8, 4) is 5.75 Å². The van der Waals surface area contributed by atoms with Crippen molar-refractivity contribution in [2.75, 3.05) is 13.7 Å². The summed E-state index contributed by atoms with van der Waals surface area (Å²) < 4.78 is 11.2. The highest BCUT2D eigenvalue weighted by Gasteiger charge is 2.30. The second-order valence-electron chi connectivity index (χ2n) is 6.57. The second kappa shape index (κ2) is 7.74. The predicted octanol–water partition coefficient (Wildman–Crippen LogP) is 3.54. The summed E-state index contributed by atoms with van der Waals surface area (Å²) in [5.41, 5.74) is 3.23. The molecule has 0 spiro atoms. The quantitative estimate of drug-likeness (QED) is 0.723. The Morgan fingerprint density at radius 2 is 2.16 bits per heavy atom. The maximum Gasteiger partial charge on any atom is 0.314 e. The highest BCUT2D eigenvalue weighted by atomic mass is 79.9. The first-order chi connectivity index (χ1) is 11.7. The number of ether oxygens (including phenoxy) is 2. The van der Waals surface area contributed by atoms with Gasteiger partial charge in [-0.05, 0) is 41.9 Å². The number of hydrazone groups is 1. The number of esters is 1. The van der Waals surface area contributed by atoms with Gasteiger partial charge >= 0.3 is 5.97 Å². The molecule has 0 saturated carbocycles. The Labute approximate surface area is 160 Å². The van der Waals surface area contributed by atoms with Gasteiger partial charge in [0.1, 0.15) is 6.61 Å². The first-order valence-electron chi connectivity index (χ1n) is 7.72. The molecule has 1 heterocycles. The number of rotatable bonds is 5. The summed E-state index contributed by atoms with van der Waals surface area (Å²) >= 11 is 9.81. The molecule has 1 atom stereocenters. The largest absolute Gasteiger partial charge is 0.490 e. The minimum Gasteiger partial charge on any atom is -0.490 e. The summed E-state index contributed by atoms with van der Waals surface area (Å²) in [7, 11) is 1.34. The summed E-state index contributed by atoms with van der Waals surface area (Å²) in [4.78, 5) is 23.1. The third kappa shape index (κ3) is 4.52. The zero-order chi connectivity index (χ0) is 18.8. The predicted molar refractivity (Wildman–Crippen MR) is 98.9 cm³/mol. The van der Waals surface area contributed by atoms with Crippen LogP contribution in [0.5, 0.6) is 5.75 Å². The normalized spacial score (nSPS) is 17.6. The van der Waals surface area contributed by atoms with Crippen LogP contribution in [0.25, 0.3) is 0 Å². The number of nitrogens with one attached hydrogen (secondary N) is 1. The number of carbonyl (C=O) groups excluding carboxylic acids is 2. The van der Waals surface area contributed by atoms with Crippen molar-refractivity contribution in [1.29, 1.82) is 0 Å². The molecule has 1 unspecified atom stereocenters. The van der Waals surface area contributed by atoms with Crippen molar-refractivity contribution < 1.29 is 19.1 Å².